The number of methoxy groups -OCH3 is 2. The van der Waals surface area contributed by atoms with Crippen molar-refractivity contribution >= 4 is 28.1 Å². The monoisotopic (exact) mass is 404 g/mol. The third-order valence-corrected chi connectivity index (χ3v) is 4.30. The van der Waals surface area contributed by atoms with Crippen molar-refractivity contribution in [3.63, 3.8) is 0 Å². The van der Waals surface area contributed by atoms with Gasteiger partial charge in [0.1, 0.15) is 0 Å². The molecule has 0 aliphatic carbocycles. The number of hydrazone groups is 1. The van der Waals surface area contributed by atoms with E-state index < -0.39 is 0 Å². The number of aryl methyl sites for hydroxylation is 2. The lowest BCUT2D eigenvalue weighted by molar-refractivity contribution is -0.120. The van der Waals surface area contributed by atoms with Crippen LogP contribution in [0.25, 0.3) is 0 Å². The Kier molecular flexibility index (Phi) is 6.58. The number of carbonyl (C=O) groups excluding carboxylic acids is 1. The number of halogens is 1. The fourth-order valence-corrected chi connectivity index (χ4v) is 3.07. The molecule has 6 heteroatoms. The predicted octanol–water partition coefficient (Wildman–Crippen LogP) is 3.78. The van der Waals surface area contributed by atoms with E-state index in [-0.39, 0.29) is 5.91 Å². The molecule has 0 heterocycles. The summed E-state index contributed by atoms with van der Waals surface area (Å²) < 4.78 is 11.3. The Morgan fingerprint density at radius 3 is 2.60 bits per heavy atom. The standard InChI is InChI=1S/C19H21BrN2O3/c1-12-5-6-15(13(2)7-12)10-18(23)22-21-11-14-8-16(20)19(25-4)17(9-14)24-3/h5-9,11H,10H2,1-4H3,(H,22,23)/b21-11-. The van der Waals surface area contributed by atoms with Crippen molar-refractivity contribution in [1.82, 2.24) is 5.43 Å². The smallest absolute Gasteiger partial charge is 0.244 e. The minimum Gasteiger partial charge on any atom is -0.493 e. The van der Waals surface area contributed by atoms with Crippen LogP contribution >= 0.6 is 15.9 Å². The molecule has 2 aromatic carbocycles. The average Bonchev–Trinajstić information content (AvgIpc) is 2.57. The van der Waals surface area contributed by atoms with Crippen LogP contribution in [0.4, 0.5) is 0 Å². The number of hydrogen-bond donors (Lipinski definition) is 1. The summed E-state index contributed by atoms with van der Waals surface area (Å²) in [4.78, 5) is 12.1. The molecular formula is C19H21BrN2O3. The Morgan fingerprint density at radius 1 is 1.20 bits per heavy atom. The molecule has 132 valence electrons. The van der Waals surface area contributed by atoms with Crippen LogP contribution in [0.2, 0.25) is 0 Å². The molecule has 0 saturated carbocycles. The first-order valence-electron chi connectivity index (χ1n) is 7.74. The van der Waals surface area contributed by atoms with E-state index in [1.54, 1.807) is 26.5 Å². The maximum Gasteiger partial charge on any atom is 0.244 e. The highest BCUT2D eigenvalue weighted by atomic mass is 79.9. The van der Waals surface area contributed by atoms with Crippen molar-refractivity contribution in [2.24, 2.45) is 5.10 Å². The van der Waals surface area contributed by atoms with Gasteiger partial charge in [-0.15, -0.1) is 0 Å². The van der Waals surface area contributed by atoms with Crippen LogP contribution < -0.4 is 14.9 Å². The van der Waals surface area contributed by atoms with Crippen molar-refractivity contribution in [1.29, 1.82) is 0 Å². The number of ether oxygens (including phenoxy) is 2. The van der Waals surface area contributed by atoms with Gasteiger partial charge < -0.3 is 9.47 Å². The van der Waals surface area contributed by atoms with Gasteiger partial charge in [-0.25, -0.2) is 5.43 Å². The summed E-state index contributed by atoms with van der Waals surface area (Å²) in [6, 6.07) is 9.65. The maximum atomic E-state index is 12.1. The van der Waals surface area contributed by atoms with Gasteiger partial charge in [-0.1, -0.05) is 23.8 Å². The molecule has 0 radical (unpaired) electrons. The quantitative estimate of drug-likeness (QED) is 0.588. The van der Waals surface area contributed by atoms with Gasteiger partial charge in [0.15, 0.2) is 11.5 Å². The highest BCUT2D eigenvalue weighted by Gasteiger charge is 2.10. The van der Waals surface area contributed by atoms with Crippen molar-refractivity contribution < 1.29 is 14.3 Å². The van der Waals surface area contributed by atoms with Gasteiger partial charge in [-0.3, -0.25) is 4.79 Å². The minimum atomic E-state index is -0.164. The molecule has 0 saturated heterocycles. The minimum absolute atomic E-state index is 0.164. The predicted molar refractivity (Wildman–Crippen MR) is 103 cm³/mol. The summed E-state index contributed by atoms with van der Waals surface area (Å²) >= 11 is 3.42. The zero-order chi connectivity index (χ0) is 18.4. The van der Waals surface area contributed by atoms with Gasteiger partial charge in [0.25, 0.3) is 0 Å². The van der Waals surface area contributed by atoms with Crippen LogP contribution in [0.1, 0.15) is 22.3 Å². The molecule has 0 bridgehead atoms. The topological polar surface area (TPSA) is 59.9 Å². The Bertz CT molecular complexity index is 803. The second-order valence-electron chi connectivity index (χ2n) is 5.64. The molecule has 0 aliphatic heterocycles. The van der Waals surface area contributed by atoms with Gasteiger partial charge >= 0.3 is 0 Å². The lowest BCUT2D eigenvalue weighted by Gasteiger charge is -2.10. The first-order chi connectivity index (χ1) is 11.9. The van der Waals surface area contributed by atoms with Crippen LogP contribution in [-0.2, 0) is 11.2 Å². The second kappa shape index (κ2) is 8.67. The SMILES string of the molecule is COc1cc(/C=N\NC(=O)Cc2ccc(C)cc2C)cc(Br)c1OC. The first kappa shape index (κ1) is 19.0. The normalized spacial score (nSPS) is 10.8. The summed E-state index contributed by atoms with van der Waals surface area (Å²) in [5, 5.41) is 4.02. The summed E-state index contributed by atoms with van der Waals surface area (Å²) in [6.45, 7) is 4.03. The molecule has 0 aliphatic rings. The Balaban J connectivity index is 2.03. The van der Waals surface area contributed by atoms with Crippen molar-refractivity contribution in [2.45, 2.75) is 20.3 Å². The molecular weight excluding hydrogens is 384 g/mol. The number of amides is 1. The number of benzene rings is 2. The molecule has 25 heavy (non-hydrogen) atoms. The van der Waals surface area contributed by atoms with E-state index in [1.807, 2.05) is 32.0 Å². The number of nitrogens with one attached hydrogen (secondary N) is 1. The van der Waals surface area contributed by atoms with E-state index in [2.05, 4.69) is 32.5 Å². The lowest BCUT2D eigenvalue weighted by atomic mass is 10.0. The van der Waals surface area contributed by atoms with E-state index in [1.165, 1.54) is 5.56 Å². The Hall–Kier alpha value is -2.34. The van der Waals surface area contributed by atoms with Crippen LogP contribution in [0, 0.1) is 13.8 Å². The molecule has 0 spiro atoms. The van der Waals surface area contributed by atoms with E-state index in [0.717, 1.165) is 21.2 Å². The molecule has 5 nitrogen and oxygen atoms in total. The van der Waals surface area contributed by atoms with Gasteiger partial charge in [-0.05, 0) is 58.6 Å². The molecule has 0 aromatic heterocycles. The average molecular weight is 405 g/mol. The van der Waals surface area contributed by atoms with Crippen molar-refractivity contribution in [3.8, 4) is 11.5 Å². The van der Waals surface area contributed by atoms with Crippen molar-refractivity contribution in [2.75, 3.05) is 14.2 Å². The van der Waals surface area contributed by atoms with Gasteiger partial charge in [0.05, 0.1) is 31.3 Å². The fourth-order valence-electron chi connectivity index (χ4n) is 2.45. The molecule has 0 fully saturated rings. The first-order valence-corrected chi connectivity index (χ1v) is 8.53. The maximum absolute atomic E-state index is 12.1. The van der Waals surface area contributed by atoms with Crippen LogP contribution in [0.15, 0.2) is 39.9 Å². The summed E-state index contributed by atoms with van der Waals surface area (Å²) in [7, 11) is 3.14. The molecule has 2 aromatic rings. The number of hydrogen-bond acceptors (Lipinski definition) is 4. The lowest BCUT2D eigenvalue weighted by Crippen LogP contribution is -2.20. The highest BCUT2D eigenvalue weighted by Crippen LogP contribution is 2.35. The molecule has 1 amide bonds. The third-order valence-electron chi connectivity index (χ3n) is 3.71. The van der Waals surface area contributed by atoms with E-state index in [9.17, 15) is 4.79 Å². The van der Waals surface area contributed by atoms with E-state index in [4.69, 9.17) is 9.47 Å². The zero-order valence-electron chi connectivity index (χ0n) is 14.7. The van der Waals surface area contributed by atoms with Crippen LogP contribution in [-0.4, -0.2) is 26.3 Å². The van der Waals surface area contributed by atoms with Crippen molar-refractivity contribution in [3.05, 3.63) is 57.1 Å². The van der Waals surface area contributed by atoms with Crippen LogP contribution in [0.3, 0.4) is 0 Å². The third kappa shape index (κ3) is 5.06. The molecule has 0 unspecified atom stereocenters. The Morgan fingerprint density at radius 2 is 1.96 bits per heavy atom. The Labute approximate surface area is 156 Å². The number of carbonyl (C=O) groups is 1. The molecule has 0 atom stereocenters. The summed E-state index contributed by atoms with van der Waals surface area (Å²) in [5.74, 6) is 1.03. The largest absolute Gasteiger partial charge is 0.493 e. The highest BCUT2D eigenvalue weighted by molar-refractivity contribution is 9.10. The van der Waals surface area contributed by atoms with Gasteiger partial charge in [0, 0.05) is 0 Å². The van der Waals surface area contributed by atoms with Crippen LogP contribution in [0.5, 0.6) is 11.5 Å². The van der Waals surface area contributed by atoms with Gasteiger partial charge in [0.2, 0.25) is 5.91 Å². The zero-order valence-corrected chi connectivity index (χ0v) is 16.3. The summed E-state index contributed by atoms with van der Waals surface area (Å²) in [5.41, 5.74) is 6.60. The second-order valence-corrected chi connectivity index (χ2v) is 6.49. The van der Waals surface area contributed by atoms with Gasteiger partial charge in [-0.2, -0.15) is 5.10 Å². The fraction of sp³-hybridized carbons (Fsp3) is 0.263. The molecule has 1 N–H and O–H groups in total. The number of nitrogens with zero attached hydrogens (tertiary/aromatic N) is 1. The summed E-state index contributed by atoms with van der Waals surface area (Å²) in [6.07, 6.45) is 1.85. The van der Waals surface area contributed by atoms with E-state index >= 15 is 0 Å². The molecule has 2 rings (SSSR count). The van der Waals surface area contributed by atoms with E-state index in [0.29, 0.717) is 17.9 Å². The number of rotatable bonds is 6.